The monoisotopic (exact) mass is 557 g/mol. The lowest BCUT2D eigenvalue weighted by Gasteiger charge is -2.42. The van der Waals surface area contributed by atoms with E-state index in [1.54, 1.807) is 35.2 Å². The number of ether oxygens (including phenoxy) is 1. The lowest BCUT2D eigenvalue weighted by atomic mass is 9.99. The van der Waals surface area contributed by atoms with Crippen LogP contribution in [0.15, 0.2) is 79.0 Å². The zero-order valence-electron chi connectivity index (χ0n) is 22.0. The van der Waals surface area contributed by atoms with Gasteiger partial charge in [0.25, 0.3) is 17.7 Å². The molecule has 11 heteroatoms. The van der Waals surface area contributed by atoms with Crippen LogP contribution in [0.5, 0.6) is 5.75 Å². The summed E-state index contributed by atoms with van der Waals surface area (Å²) in [4.78, 5) is 28.6. The standard InChI is InChI=1S/C29H25F2N5O3Si/c1-28(40)17-35-25(23(16-33-35)26(37)34-21-10-13-24(39-2)18(14-21)15-32)27(38)36(28)22-11-8-20(9-12-22)29(30,31)19-6-4-3-5-7-19/h3-14,16H,17H2,1-2,40H3,(H,34,37)/t28-/m0/s1. The Balaban J connectivity index is 1.44. The number of anilines is 2. The highest BCUT2D eigenvalue weighted by Crippen LogP contribution is 2.38. The maximum Gasteiger partial charge on any atom is 0.298 e. The Hall–Kier alpha value is -4.82. The molecule has 1 aromatic heterocycles. The second kappa shape index (κ2) is 10.1. The van der Waals surface area contributed by atoms with E-state index < -0.39 is 22.9 Å². The van der Waals surface area contributed by atoms with E-state index in [1.165, 1.54) is 60.5 Å². The average molecular weight is 558 g/mol. The minimum atomic E-state index is -3.20. The second-order valence-corrected chi connectivity index (χ2v) is 12.1. The number of nitriles is 1. The van der Waals surface area contributed by atoms with Crippen LogP contribution in [0, 0.1) is 11.3 Å². The van der Waals surface area contributed by atoms with E-state index in [0.717, 1.165) is 0 Å². The molecule has 1 aliphatic rings. The molecule has 4 aromatic rings. The molecular weight excluding hydrogens is 532 g/mol. The summed E-state index contributed by atoms with van der Waals surface area (Å²) in [7, 11) is 1.98. The topological polar surface area (TPSA) is 100 Å². The number of nitrogens with one attached hydrogen (secondary N) is 1. The van der Waals surface area contributed by atoms with Crippen molar-refractivity contribution in [2.45, 2.75) is 24.6 Å². The van der Waals surface area contributed by atoms with Crippen LogP contribution in [-0.4, -0.2) is 44.1 Å². The molecule has 5 rings (SSSR count). The Morgan fingerprint density at radius 3 is 2.45 bits per heavy atom. The van der Waals surface area contributed by atoms with Gasteiger partial charge in [-0.3, -0.25) is 14.3 Å². The number of hydrogen-bond donors (Lipinski definition) is 1. The van der Waals surface area contributed by atoms with Crippen molar-refractivity contribution in [2.24, 2.45) is 0 Å². The quantitative estimate of drug-likeness (QED) is 0.363. The van der Waals surface area contributed by atoms with E-state index in [1.807, 2.05) is 13.0 Å². The van der Waals surface area contributed by atoms with Gasteiger partial charge < -0.3 is 15.0 Å². The third kappa shape index (κ3) is 4.63. The molecule has 1 atom stereocenters. The maximum absolute atomic E-state index is 15.1. The molecule has 1 N–H and O–H groups in total. The zero-order chi connectivity index (χ0) is 28.7. The van der Waals surface area contributed by atoms with E-state index >= 15 is 8.78 Å². The van der Waals surface area contributed by atoms with Gasteiger partial charge in [0.05, 0.1) is 31.0 Å². The number of benzene rings is 3. The molecular formula is C29H25F2N5O3Si. The Bertz CT molecular complexity index is 1650. The summed E-state index contributed by atoms with van der Waals surface area (Å²) >= 11 is 0. The van der Waals surface area contributed by atoms with Crippen molar-refractivity contribution in [1.29, 1.82) is 5.26 Å². The average Bonchev–Trinajstić information content (AvgIpc) is 3.37. The van der Waals surface area contributed by atoms with Gasteiger partial charge in [0.2, 0.25) is 0 Å². The van der Waals surface area contributed by atoms with Crippen LogP contribution in [0.4, 0.5) is 20.2 Å². The molecule has 2 amide bonds. The van der Waals surface area contributed by atoms with Crippen molar-refractivity contribution < 1.29 is 23.1 Å². The number of alkyl halides is 2. The summed E-state index contributed by atoms with van der Waals surface area (Å²) in [5.74, 6) is -3.86. The first-order valence-corrected chi connectivity index (χ1v) is 13.4. The number of carbonyl (C=O) groups excluding carboxylic acids is 2. The maximum atomic E-state index is 15.1. The summed E-state index contributed by atoms with van der Waals surface area (Å²) in [6.45, 7) is 2.23. The van der Waals surface area contributed by atoms with Crippen molar-refractivity contribution in [3.8, 4) is 11.8 Å². The Morgan fingerprint density at radius 2 is 1.80 bits per heavy atom. The predicted octanol–water partition coefficient (Wildman–Crippen LogP) is 3.90. The molecule has 0 radical (unpaired) electrons. The largest absolute Gasteiger partial charge is 0.495 e. The lowest BCUT2D eigenvalue weighted by molar-refractivity contribution is 0.0428. The summed E-state index contributed by atoms with van der Waals surface area (Å²) in [5, 5.41) is 15.7. The minimum absolute atomic E-state index is 0.0636. The lowest BCUT2D eigenvalue weighted by Crippen LogP contribution is -2.58. The number of rotatable bonds is 6. The van der Waals surface area contributed by atoms with Gasteiger partial charge in [0.15, 0.2) is 0 Å². The molecule has 0 aliphatic carbocycles. The normalized spacial score (nSPS) is 16.8. The third-order valence-electron chi connectivity index (χ3n) is 6.83. The van der Waals surface area contributed by atoms with Crippen molar-refractivity contribution in [1.82, 2.24) is 9.78 Å². The van der Waals surface area contributed by atoms with E-state index in [-0.39, 0.29) is 27.9 Å². The number of aromatic nitrogens is 2. The van der Waals surface area contributed by atoms with Crippen LogP contribution in [0.2, 0.25) is 0 Å². The summed E-state index contributed by atoms with van der Waals surface area (Å²) in [6, 6.07) is 19.8. The Kier molecular flexibility index (Phi) is 6.73. The van der Waals surface area contributed by atoms with Gasteiger partial charge in [-0.25, -0.2) is 0 Å². The second-order valence-electron chi connectivity index (χ2n) is 9.99. The fourth-order valence-electron chi connectivity index (χ4n) is 4.89. The Morgan fingerprint density at radius 1 is 1.12 bits per heavy atom. The van der Waals surface area contributed by atoms with Gasteiger partial charge >= 0.3 is 0 Å². The molecule has 0 saturated carbocycles. The number of amides is 2. The van der Waals surface area contributed by atoms with Gasteiger partial charge in [-0.05, 0) is 37.3 Å². The molecule has 202 valence electrons. The van der Waals surface area contributed by atoms with Crippen LogP contribution in [0.3, 0.4) is 0 Å². The van der Waals surface area contributed by atoms with Crippen LogP contribution < -0.4 is 15.0 Å². The highest BCUT2D eigenvalue weighted by atomic mass is 28.1. The summed E-state index contributed by atoms with van der Waals surface area (Å²) in [6.07, 6.45) is 1.34. The molecule has 0 unspecified atom stereocenters. The first-order valence-electron chi connectivity index (χ1n) is 12.4. The van der Waals surface area contributed by atoms with Gasteiger partial charge in [0, 0.05) is 37.9 Å². The zero-order valence-corrected chi connectivity index (χ0v) is 24.0. The number of hydrogen-bond acceptors (Lipinski definition) is 5. The summed E-state index contributed by atoms with van der Waals surface area (Å²) in [5.41, 5.74) is 0.888. The van der Waals surface area contributed by atoms with Gasteiger partial charge in [0.1, 0.15) is 17.5 Å². The smallest absolute Gasteiger partial charge is 0.298 e. The molecule has 3 aromatic carbocycles. The van der Waals surface area contributed by atoms with Crippen LogP contribution >= 0.6 is 0 Å². The number of methoxy groups -OCH3 is 1. The highest BCUT2D eigenvalue weighted by molar-refractivity contribution is 6.25. The molecule has 0 saturated heterocycles. The number of carbonyl (C=O) groups is 2. The molecule has 40 heavy (non-hydrogen) atoms. The number of nitrogens with zero attached hydrogens (tertiary/aromatic N) is 4. The van der Waals surface area contributed by atoms with Gasteiger partial charge in [-0.15, -0.1) is 0 Å². The molecule has 8 nitrogen and oxygen atoms in total. The van der Waals surface area contributed by atoms with E-state index in [4.69, 9.17) is 4.74 Å². The van der Waals surface area contributed by atoms with Crippen LogP contribution in [-0.2, 0) is 12.5 Å². The van der Waals surface area contributed by atoms with E-state index in [0.29, 0.717) is 33.9 Å². The predicted molar refractivity (Wildman–Crippen MR) is 149 cm³/mol. The molecule has 2 heterocycles. The van der Waals surface area contributed by atoms with Crippen LogP contribution in [0.1, 0.15) is 44.5 Å². The fourth-order valence-corrected chi connectivity index (χ4v) is 5.65. The first kappa shape index (κ1) is 26.8. The van der Waals surface area contributed by atoms with Crippen molar-refractivity contribution in [2.75, 3.05) is 17.3 Å². The van der Waals surface area contributed by atoms with Crippen LogP contribution in [0.25, 0.3) is 0 Å². The molecule has 0 spiro atoms. The van der Waals surface area contributed by atoms with E-state index in [9.17, 15) is 14.9 Å². The first-order chi connectivity index (χ1) is 19.1. The Labute approximate surface area is 232 Å². The van der Waals surface area contributed by atoms with Gasteiger partial charge in [-0.1, -0.05) is 42.5 Å². The highest BCUT2D eigenvalue weighted by Gasteiger charge is 2.42. The van der Waals surface area contributed by atoms with Crippen molar-refractivity contribution >= 4 is 33.4 Å². The molecule has 0 fully saturated rings. The van der Waals surface area contributed by atoms with Gasteiger partial charge in [-0.2, -0.15) is 19.1 Å². The third-order valence-corrected chi connectivity index (χ3v) is 7.60. The van der Waals surface area contributed by atoms with Crippen molar-refractivity contribution in [3.05, 3.63) is 107 Å². The van der Waals surface area contributed by atoms with E-state index in [2.05, 4.69) is 10.4 Å². The summed E-state index contributed by atoms with van der Waals surface area (Å²) < 4.78 is 36.9. The number of fused-ring (bicyclic) bond motifs is 1. The molecule has 0 bridgehead atoms. The SMILES string of the molecule is COc1ccc(NC(=O)c2cnn3c2C(=O)N(c2ccc(C(F)(F)c4ccccc4)cc2)[C@@](C)([SiH3])C3)cc1C#N. The molecule has 1 aliphatic heterocycles. The fraction of sp³-hybridized carbons (Fsp3) is 0.172. The number of halogens is 2. The van der Waals surface area contributed by atoms with Crippen molar-refractivity contribution in [3.63, 3.8) is 0 Å². The minimum Gasteiger partial charge on any atom is -0.495 e.